The maximum Gasteiger partial charge on any atom is 0.274 e. The fourth-order valence-corrected chi connectivity index (χ4v) is 4.01. The first-order valence-electron chi connectivity index (χ1n) is 9.81. The zero-order valence-electron chi connectivity index (χ0n) is 16.7. The van der Waals surface area contributed by atoms with E-state index in [9.17, 15) is 4.79 Å². The fourth-order valence-electron chi connectivity index (χ4n) is 3.89. The van der Waals surface area contributed by atoms with Gasteiger partial charge in [-0.2, -0.15) is 5.10 Å². The molecule has 6 nitrogen and oxygen atoms in total. The van der Waals surface area contributed by atoms with E-state index in [4.69, 9.17) is 16.0 Å². The Balaban J connectivity index is 1.45. The normalized spacial score (nSPS) is 15.9. The van der Waals surface area contributed by atoms with Crippen LogP contribution in [0, 0.1) is 0 Å². The Kier molecular flexibility index (Phi) is 5.74. The summed E-state index contributed by atoms with van der Waals surface area (Å²) in [5.41, 5.74) is 3.96. The molecule has 0 saturated heterocycles. The van der Waals surface area contributed by atoms with Crippen molar-refractivity contribution in [2.24, 2.45) is 7.05 Å². The molecule has 1 unspecified atom stereocenters. The number of aryl methyl sites for hydroxylation is 1. The number of halogens is 1. The molecule has 4 rings (SSSR count). The molecule has 0 spiro atoms. The molecule has 29 heavy (non-hydrogen) atoms. The molecule has 0 fully saturated rings. The van der Waals surface area contributed by atoms with Gasteiger partial charge < -0.3 is 14.6 Å². The Labute approximate surface area is 175 Å². The van der Waals surface area contributed by atoms with Crippen LogP contribution in [0.3, 0.4) is 0 Å². The highest BCUT2D eigenvalue weighted by atomic mass is 35.5. The van der Waals surface area contributed by atoms with Crippen molar-refractivity contribution in [2.75, 3.05) is 7.05 Å². The molecule has 1 atom stereocenters. The summed E-state index contributed by atoms with van der Waals surface area (Å²) >= 11 is 5.96. The molecule has 1 amide bonds. The van der Waals surface area contributed by atoms with Gasteiger partial charge in [0.15, 0.2) is 5.69 Å². The maximum absolute atomic E-state index is 13.0. The Morgan fingerprint density at radius 1 is 1.34 bits per heavy atom. The summed E-state index contributed by atoms with van der Waals surface area (Å²) in [6, 6.07) is 11.9. The Morgan fingerprint density at radius 2 is 2.14 bits per heavy atom. The van der Waals surface area contributed by atoms with Gasteiger partial charge in [0.2, 0.25) is 0 Å². The fraction of sp³-hybridized carbons (Fsp3) is 0.364. The molecule has 0 saturated carbocycles. The van der Waals surface area contributed by atoms with Crippen LogP contribution in [-0.2, 0) is 33.0 Å². The van der Waals surface area contributed by atoms with Crippen LogP contribution in [0.5, 0.6) is 0 Å². The monoisotopic (exact) mass is 412 g/mol. The maximum atomic E-state index is 13.0. The number of furan rings is 1. The number of benzene rings is 1. The van der Waals surface area contributed by atoms with Gasteiger partial charge in [0.05, 0.1) is 12.8 Å². The number of fused-ring (bicyclic) bond motifs is 1. The second-order valence-electron chi connectivity index (χ2n) is 7.59. The van der Waals surface area contributed by atoms with Gasteiger partial charge in [0, 0.05) is 43.0 Å². The Hall–Kier alpha value is -2.57. The molecule has 2 heterocycles. The first kappa shape index (κ1) is 19.7. The second-order valence-corrected chi connectivity index (χ2v) is 8.02. The van der Waals surface area contributed by atoms with Crippen molar-refractivity contribution < 1.29 is 9.21 Å². The van der Waals surface area contributed by atoms with E-state index in [2.05, 4.69) is 10.4 Å². The molecule has 2 aromatic heterocycles. The van der Waals surface area contributed by atoms with Gasteiger partial charge in [0.1, 0.15) is 5.76 Å². The highest BCUT2D eigenvalue weighted by molar-refractivity contribution is 6.30. The van der Waals surface area contributed by atoms with Crippen LogP contribution in [0.4, 0.5) is 0 Å². The first-order valence-corrected chi connectivity index (χ1v) is 10.2. The number of hydrogen-bond donors (Lipinski definition) is 1. The second kappa shape index (κ2) is 8.43. The van der Waals surface area contributed by atoms with Crippen molar-refractivity contribution in [3.8, 4) is 0 Å². The molecule has 1 aromatic carbocycles. The molecule has 7 heteroatoms. The van der Waals surface area contributed by atoms with Crippen molar-refractivity contribution >= 4 is 17.5 Å². The average molecular weight is 413 g/mol. The minimum Gasteiger partial charge on any atom is -0.467 e. The van der Waals surface area contributed by atoms with E-state index in [1.165, 1.54) is 5.56 Å². The molecule has 0 aliphatic heterocycles. The van der Waals surface area contributed by atoms with Crippen LogP contribution in [0.25, 0.3) is 0 Å². The molecule has 1 aliphatic rings. The Morgan fingerprint density at radius 3 is 2.86 bits per heavy atom. The van der Waals surface area contributed by atoms with Crippen molar-refractivity contribution in [1.82, 2.24) is 20.0 Å². The number of nitrogens with one attached hydrogen (secondary N) is 1. The lowest BCUT2D eigenvalue weighted by Gasteiger charge is -2.25. The van der Waals surface area contributed by atoms with Crippen LogP contribution in [0.1, 0.15) is 39.5 Å². The van der Waals surface area contributed by atoms with E-state index >= 15 is 0 Å². The van der Waals surface area contributed by atoms with Crippen molar-refractivity contribution in [2.45, 2.75) is 38.4 Å². The molecule has 3 aromatic rings. The van der Waals surface area contributed by atoms with Crippen LogP contribution >= 0.6 is 11.6 Å². The first-order chi connectivity index (χ1) is 14.0. The molecule has 1 aliphatic carbocycles. The average Bonchev–Trinajstić information content (AvgIpc) is 3.34. The zero-order valence-corrected chi connectivity index (χ0v) is 17.4. The molecular weight excluding hydrogens is 388 g/mol. The van der Waals surface area contributed by atoms with Crippen LogP contribution < -0.4 is 5.32 Å². The summed E-state index contributed by atoms with van der Waals surface area (Å²) in [7, 11) is 3.70. The van der Waals surface area contributed by atoms with E-state index in [1.54, 1.807) is 18.2 Å². The van der Waals surface area contributed by atoms with Gasteiger partial charge in [-0.3, -0.25) is 9.48 Å². The molecule has 152 valence electrons. The third-order valence-corrected chi connectivity index (χ3v) is 5.74. The number of aromatic nitrogens is 2. The van der Waals surface area contributed by atoms with E-state index < -0.39 is 0 Å². The number of hydrogen-bond acceptors (Lipinski definition) is 4. The smallest absolute Gasteiger partial charge is 0.274 e. The van der Waals surface area contributed by atoms with E-state index in [1.807, 2.05) is 48.1 Å². The third-order valence-electron chi connectivity index (χ3n) is 5.49. The minimum absolute atomic E-state index is 0.0726. The summed E-state index contributed by atoms with van der Waals surface area (Å²) in [6.07, 6.45) is 4.35. The van der Waals surface area contributed by atoms with Crippen LogP contribution in [-0.4, -0.2) is 33.7 Å². The molecular formula is C22H25ClN4O2. The van der Waals surface area contributed by atoms with Crippen molar-refractivity contribution in [3.05, 3.63) is 76.0 Å². The third kappa shape index (κ3) is 4.38. The number of carbonyl (C=O) groups is 1. The van der Waals surface area contributed by atoms with Crippen LogP contribution in [0.2, 0.25) is 5.02 Å². The quantitative estimate of drug-likeness (QED) is 0.672. The topological polar surface area (TPSA) is 63.3 Å². The minimum atomic E-state index is -0.0726. The summed E-state index contributed by atoms with van der Waals surface area (Å²) in [4.78, 5) is 14.7. The lowest BCUT2D eigenvalue weighted by molar-refractivity contribution is 0.0767. The summed E-state index contributed by atoms with van der Waals surface area (Å²) in [5, 5.41) is 8.92. The SMILES string of the molecule is CN(Cc1ccco1)C(=O)c1nn(C)c2c1CC(NCc1ccc(Cl)cc1)CC2. The van der Waals surface area contributed by atoms with Crippen molar-refractivity contribution in [3.63, 3.8) is 0 Å². The molecule has 1 N–H and O–H groups in total. The standard InChI is InChI=1S/C22H25ClN4O2/c1-26(14-18-4-3-11-29-18)22(28)21-19-12-17(9-10-20(19)27(2)25-21)24-13-15-5-7-16(23)8-6-15/h3-8,11,17,24H,9-10,12-14H2,1-2H3. The van der Waals surface area contributed by atoms with E-state index in [0.29, 0.717) is 18.3 Å². The van der Waals surface area contributed by atoms with Gasteiger partial charge in [-0.25, -0.2) is 0 Å². The number of amides is 1. The largest absolute Gasteiger partial charge is 0.467 e. The lowest BCUT2D eigenvalue weighted by atomic mass is 9.91. The number of rotatable bonds is 6. The van der Waals surface area contributed by atoms with Gasteiger partial charge in [-0.1, -0.05) is 23.7 Å². The Bertz CT molecular complexity index is 979. The van der Waals surface area contributed by atoms with E-state index in [-0.39, 0.29) is 5.91 Å². The van der Waals surface area contributed by atoms with Crippen molar-refractivity contribution in [1.29, 1.82) is 0 Å². The zero-order chi connectivity index (χ0) is 20.4. The number of carbonyl (C=O) groups excluding carboxylic acids is 1. The number of nitrogens with zero attached hydrogens (tertiary/aromatic N) is 3. The predicted molar refractivity (Wildman–Crippen MR) is 112 cm³/mol. The van der Waals surface area contributed by atoms with Gasteiger partial charge >= 0.3 is 0 Å². The van der Waals surface area contributed by atoms with E-state index in [0.717, 1.165) is 47.8 Å². The van der Waals surface area contributed by atoms with Gasteiger partial charge in [-0.05, 0) is 49.1 Å². The lowest BCUT2D eigenvalue weighted by Crippen LogP contribution is -2.35. The summed E-state index contributed by atoms with van der Waals surface area (Å²) in [5.74, 6) is 0.685. The summed E-state index contributed by atoms with van der Waals surface area (Å²) < 4.78 is 7.23. The van der Waals surface area contributed by atoms with Crippen LogP contribution in [0.15, 0.2) is 47.1 Å². The highest BCUT2D eigenvalue weighted by Crippen LogP contribution is 2.26. The molecule has 0 radical (unpaired) electrons. The molecule has 0 bridgehead atoms. The van der Waals surface area contributed by atoms with Gasteiger partial charge in [-0.15, -0.1) is 0 Å². The highest BCUT2D eigenvalue weighted by Gasteiger charge is 2.29. The summed E-state index contributed by atoms with van der Waals surface area (Å²) in [6.45, 7) is 1.20. The van der Waals surface area contributed by atoms with Gasteiger partial charge in [0.25, 0.3) is 5.91 Å². The predicted octanol–water partition coefficient (Wildman–Crippen LogP) is 3.59.